The Kier molecular flexibility index (Phi) is 7.01. The summed E-state index contributed by atoms with van der Waals surface area (Å²) in [4.78, 5) is 0. The van der Waals surface area contributed by atoms with Gasteiger partial charge in [-0.15, -0.1) is 5.73 Å². The highest BCUT2D eigenvalue weighted by molar-refractivity contribution is 5.98. The first-order valence-electron chi connectivity index (χ1n) is 15.7. The van der Waals surface area contributed by atoms with Crippen LogP contribution in [-0.2, 0) is 5.41 Å². The molecule has 2 aliphatic carbocycles. The van der Waals surface area contributed by atoms with Crippen molar-refractivity contribution in [3.05, 3.63) is 219 Å². The van der Waals surface area contributed by atoms with Crippen molar-refractivity contribution >= 4 is 35.5 Å². The maximum Gasteiger partial charge on any atom is 0.115 e. The van der Waals surface area contributed by atoms with E-state index < -0.39 is 5.41 Å². The Hall–Kier alpha value is -6.12. The van der Waals surface area contributed by atoms with Crippen molar-refractivity contribution in [2.24, 2.45) is 0 Å². The second-order valence-electron chi connectivity index (χ2n) is 11.6. The molecule has 0 nitrogen and oxygen atoms in total. The van der Waals surface area contributed by atoms with Gasteiger partial charge in [0.05, 0.1) is 0 Å². The summed E-state index contributed by atoms with van der Waals surface area (Å²) >= 11 is 0. The maximum atomic E-state index is 4.14. The summed E-state index contributed by atoms with van der Waals surface area (Å²) in [6.07, 6.45) is 8.90. The molecule has 0 N–H and O–H groups in total. The molecule has 6 aromatic rings. The first kappa shape index (κ1) is 27.4. The lowest BCUT2D eigenvalue weighted by molar-refractivity contribution is 0.869. The smallest absolute Gasteiger partial charge is 0.105 e. The molecule has 214 valence electrons. The van der Waals surface area contributed by atoms with Gasteiger partial charge in [-0.2, -0.15) is 0 Å². The molecule has 0 bridgehead atoms. The quantitative estimate of drug-likeness (QED) is 0.140. The largest absolute Gasteiger partial charge is 0.115 e. The van der Waals surface area contributed by atoms with Crippen LogP contribution < -0.4 is 0 Å². The Bertz CT molecular complexity index is 2180. The zero-order chi connectivity index (χ0) is 30.8. The van der Waals surface area contributed by atoms with Gasteiger partial charge in [0, 0.05) is 16.7 Å². The standard InChI is InChI=1S/C46H30/c1-3-15-34(16-4-1)31-32-46(43-25-13-9-21-38(43)29-30-39-22-10-14-26-44(39)46)45(37-19-5-2-6-20-37)33-42-40-23-11-7-17-35(40)27-28-36-18-8-12-24-41(36)42/h1-30H. The Morgan fingerprint density at radius 1 is 0.413 bits per heavy atom. The molecular formula is C46H30. The van der Waals surface area contributed by atoms with E-state index in [1.165, 1.54) is 11.1 Å². The monoisotopic (exact) mass is 582 g/mol. The molecule has 0 heteroatoms. The fourth-order valence-electron chi connectivity index (χ4n) is 6.76. The average molecular weight is 583 g/mol. The lowest BCUT2D eigenvalue weighted by atomic mass is 9.65. The predicted octanol–water partition coefficient (Wildman–Crippen LogP) is 10.8. The third-order valence-electron chi connectivity index (χ3n) is 8.93. The zero-order valence-corrected chi connectivity index (χ0v) is 25.3. The SMILES string of the molecule is C(=C1c2ccccc2C=Cc2ccccc21)=C(c1ccccc1)C1(C#Cc2ccccc2)c2ccccc2C=Cc2ccccc21. The highest BCUT2D eigenvalue weighted by atomic mass is 14.4. The molecule has 0 amide bonds. The zero-order valence-electron chi connectivity index (χ0n) is 25.3. The lowest BCUT2D eigenvalue weighted by Crippen LogP contribution is -2.29. The molecule has 46 heavy (non-hydrogen) atoms. The normalized spacial score (nSPS) is 13.3. The molecule has 0 aliphatic heterocycles. The maximum absolute atomic E-state index is 4.14. The molecule has 0 atom stereocenters. The molecular weight excluding hydrogens is 553 g/mol. The molecule has 2 aliphatic rings. The van der Waals surface area contributed by atoms with Crippen molar-refractivity contribution in [3.8, 4) is 11.8 Å². The third-order valence-corrected chi connectivity index (χ3v) is 8.93. The number of hydrogen-bond donors (Lipinski definition) is 0. The minimum Gasteiger partial charge on any atom is -0.105 e. The number of allylic oxidation sites excluding steroid dienone is 1. The Morgan fingerprint density at radius 3 is 1.41 bits per heavy atom. The van der Waals surface area contributed by atoms with Crippen LogP contribution in [0.3, 0.4) is 0 Å². The van der Waals surface area contributed by atoms with Gasteiger partial charge in [-0.05, 0) is 62.2 Å². The minimum absolute atomic E-state index is 0.857. The van der Waals surface area contributed by atoms with E-state index in [2.05, 4.69) is 194 Å². The van der Waals surface area contributed by atoms with E-state index in [1.807, 2.05) is 6.07 Å². The van der Waals surface area contributed by atoms with Crippen LogP contribution >= 0.6 is 0 Å². The summed E-state index contributed by atoms with van der Waals surface area (Å²) < 4.78 is 0. The van der Waals surface area contributed by atoms with Gasteiger partial charge in [-0.25, -0.2) is 0 Å². The summed E-state index contributed by atoms with van der Waals surface area (Å²) in [5, 5.41) is 0. The molecule has 0 aromatic heterocycles. The number of benzene rings is 6. The van der Waals surface area contributed by atoms with Crippen LogP contribution in [0.5, 0.6) is 0 Å². The van der Waals surface area contributed by atoms with Crippen LogP contribution in [0.4, 0.5) is 0 Å². The topological polar surface area (TPSA) is 0 Å². The third kappa shape index (κ3) is 4.77. The summed E-state index contributed by atoms with van der Waals surface area (Å²) in [6.45, 7) is 0. The summed E-state index contributed by atoms with van der Waals surface area (Å²) in [6, 6.07) is 55.7. The number of hydrogen-bond acceptors (Lipinski definition) is 0. The Balaban J connectivity index is 1.61. The van der Waals surface area contributed by atoms with E-state index in [1.54, 1.807) is 0 Å². The minimum atomic E-state index is -0.857. The first-order chi connectivity index (χ1) is 22.8. The van der Waals surface area contributed by atoms with Crippen molar-refractivity contribution in [1.82, 2.24) is 0 Å². The predicted molar refractivity (Wildman–Crippen MR) is 194 cm³/mol. The van der Waals surface area contributed by atoms with Gasteiger partial charge >= 0.3 is 0 Å². The van der Waals surface area contributed by atoms with Crippen molar-refractivity contribution in [2.75, 3.05) is 0 Å². The molecule has 0 radical (unpaired) electrons. The highest BCUT2D eigenvalue weighted by Crippen LogP contribution is 2.49. The van der Waals surface area contributed by atoms with Gasteiger partial charge in [0.25, 0.3) is 0 Å². The van der Waals surface area contributed by atoms with Crippen molar-refractivity contribution in [3.63, 3.8) is 0 Å². The van der Waals surface area contributed by atoms with Crippen LogP contribution in [0.2, 0.25) is 0 Å². The highest BCUT2D eigenvalue weighted by Gasteiger charge is 2.41. The lowest BCUT2D eigenvalue weighted by Gasteiger charge is -2.34. The van der Waals surface area contributed by atoms with Gasteiger partial charge in [0.2, 0.25) is 0 Å². The summed E-state index contributed by atoms with van der Waals surface area (Å²) in [5.41, 5.74) is 16.6. The Morgan fingerprint density at radius 2 is 0.848 bits per heavy atom. The molecule has 0 saturated carbocycles. The molecule has 0 saturated heterocycles. The first-order valence-corrected chi connectivity index (χ1v) is 15.7. The molecule has 6 aromatic carbocycles. The van der Waals surface area contributed by atoms with Gasteiger partial charge in [-0.1, -0.05) is 182 Å². The van der Waals surface area contributed by atoms with Crippen molar-refractivity contribution in [1.29, 1.82) is 0 Å². The van der Waals surface area contributed by atoms with E-state index in [0.717, 1.165) is 55.7 Å². The van der Waals surface area contributed by atoms with Gasteiger partial charge in [0.15, 0.2) is 0 Å². The number of fused-ring (bicyclic) bond motifs is 4. The molecule has 8 rings (SSSR count). The van der Waals surface area contributed by atoms with Crippen LogP contribution in [0.1, 0.15) is 55.6 Å². The summed E-state index contributed by atoms with van der Waals surface area (Å²) in [5.74, 6) is 7.58. The van der Waals surface area contributed by atoms with E-state index in [0.29, 0.717) is 0 Å². The van der Waals surface area contributed by atoms with E-state index >= 15 is 0 Å². The van der Waals surface area contributed by atoms with Gasteiger partial charge < -0.3 is 0 Å². The molecule has 0 spiro atoms. The van der Waals surface area contributed by atoms with E-state index in [-0.39, 0.29) is 0 Å². The van der Waals surface area contributed by atoms with Crippen LogP contribution in [0, 0.1) is 11.8 Å². The second-order valence-corrected chi connectivity index (χ2v) is 11.6. The van der Waals surface area contributed by atoms with Gasteiger partial charge in [0.1, 0.15) is 5.41 Å². The summed E-state index contributed by atoms with van der Waals surface area (Å²) in [7, 11) is 0. The number of rotatable bonds is 2. The average Bonchev–Trinajstić information content (AvgIpc) is 3.37. The fourth-order valence-corrected chi connectivity index (χ4v) is 6.76. The van der Waals surface area contributed by atoms with Crippen molar-refractivity contribution < 1.29 is 0 Å². The van der Waals surface area contributed by atoms with Crippen LogP contribution in [0.25, 0.3) is 35.5 Å². The van der Waals surface area contributed by atoms with Crippen LogP contribution in [0.15, 0.2) is 163 Å². The second kappa shape index (κ2) is 11.8. The molecule has 0 unspecified atom stereocenters. The van der Waals surface area contributed by atoms with Crippen molar-refractivity contribution in [2.45, 2.75) is 5.41 Å². The van der Waals surface area contributed by atoms with Crippen LogP contribution in [-0.4, -0.2) is 0 Å². The molecule has 0 heterocycles. The fraction of sp³-hybridized carbons (Fsp3) is 0.0217. The van der Waals surface area contributed by atoms with E-state index in [4.69, 9.17) is 0 Å². The van der Waals surface area contributed by atoms with Gasteiger partial charge in [-0.3, -0.25) is 0 Å². The molecule has 0 fully saturated rings. The Labute approximate surface area is 271 Å². The van der Waals surface area contributed by atoms with E-state index in [9.17, 15) is 0 Å².